The second-order valence-electron chi connectivity index (χ2n) is 6.70. The first-order chi connectivity index (χ1) is 9.78. The lowest BCUT2D eigenvalue weighted by atomic mass is 9.93. The topological polar surface area (TPSA) is 32.3 Å². The fraction of sp³-hybridized carbons (Fsp3) is 0.688. The molecule has 108 valence electrons. The number of nitrogens with one attached hydrogen (secondary N) is 1. The summed E-state index contributed by atoms with van der Waals surface area (Å²) in [6, 6.07) is 2.67. The van der Waals surface area contributed by atoms with E-state index >= 15 is 0 Å². The number of amides is 1. The smallest absolute Gasteiger partial charge is 0.226 e. The van der Waals surface area contributed by atoms with Gasteiger partial charge in [-0.25, -0.2) is 0 Å². The predicted octanol–water partition coefficient (Wildman–Crippen LogP) is 2.63. The fourth-order valence-electron chi connectivity index (χ4n) is 3.71. The van der Waals surface area contributed by atoms with E-state index in [1.807, 2.05) is 0 Å². The molecule has 3 aliphatic rings. The summed E-state index contributed by atoms with van der Waals surface area (Å²) in [5.41, 5.74) is 1.76. The first kappa shape index (κ1) is 12.8. The van der Waals surface area contributed by atoms with Crippen LogP contribution in [0.3, 0.4) is 0 Å². The second kappa shape index (κ2) is 4.85. The normalized spacial score (nSPS) is 27.5. The van der Waals surface area contributed by atoms with Crippen LogP contribution >= 0.6 is 11.3 Å². The van der Waals surface area contributed by atoms with E-state index in [1.165, 1.54) is 24.8 Å². The number of rotatable bonds is 4. The zero-order valence-corrected chi connectivity index (χ0v) is 12.6. The molecule has 2 heterocycles. The van der Waals surface area contributed by atoms with Crippen molar-refractivity contribution in [2.24, 2.45) is 11.3 Å². The molecule has 2 aliphatic carbocycles. The van der Waals surface area contributed by atoms with Crippen LogP contribution in [0.2, 0.25) is 0 Å². The molecule has 4 heteroatoms. The molecule has 0 bridgehead atoms. The van der Waals surface area contributed by atoms with Crippen molar-refractivity contribution >= 4 is 17.2 Å². The Labute approximate surface area is 124 Å². The van der Waals surface area contributed by atoms with E-state index in [-0.39, 0.29) is 0 Å². The molecule has 0 aromatic carbocycles. The summed E-state index contributed by atoms with van der Waals surface area (Å²) in [6.07, 6.45) is 5.95. The number of carbonyl (C=O) groups is 1. The third kappa shape index (κ3) is 2.29. The van der Waals surface area contributed by atoms with Crippen LogP contribution in [0.4, 0.5) is 0 Å². The van der Waals surface area contributed by atoms with Gasteiger partial charge in [0.05, 0.1) is 0 Å². The van der Waals surface area contributed by atoms with Crippen molar-refractivity contribution in [1.82, 2.24) is 10.2 Å². The summed E-state index contributed by atoms with van der Waals surface area (Å²) in [5, 5.41) is 7.75. The van der Waals surface area contributed by atoms with Gasteiger partial charge in [0.1, 0.15) is 0 Å². The molecule has 4 rings (SSSR count). The molecule has 2 saturated carbocycles. The number of piperidine rings is 1. The third-order valence-electron chi connectivity index (χ3n) is 5.26. The molecule has 1 saturated heterocycles. The summed E-state index contributed by atoms with van der Waals surface area (Å²) >= 11 is 1.73. The molecule has 1 aromatic rings. The molecule has 3 nitrogen and oxygen atoms in total. The average molecular weight is 290 g/mol. The minimum Gasteiger partial charge on any atom is -0.335 e. The molecule has 3 fully saturated rings. The Balaban J connectivity index is 1.51. The van der Waals surface area contributed by atoms with Gasteiger partial charge < -0.3 is 10.2 Å². The first-order valence-electron chi connectivity index (χ1n) is 7.81. The van der Waals surface area contributed by atoms with Crippen molar-refractivity contribution in [3.63, 3.8) is 0 Å². The predicted molar refractivity (Wildman–Crippen MR) is 80.5 cm³/mol. The number of hydrogen-bond donors (Lipinski definition) is 1. The fourth-order valence-corrected chi connectivity index (χ4v) is 4.37. The Morgan fingerprint density at radius 2 is 2.20 bits per heavy atom. The number of hydrogen-bond acceptors (Lipinski definition) is 3. The van der Waals surface area contributed by atoms with E-state index in [0.717, 1.165) is 32.5 Å². The van der Waals surface area contributed by atoms with Gasteiger partial charge in [-0.15, -0.1) is 0 Å². The highest BCUT2D eigenvalue weighted by atomic mass is 32.1. The SMILES string of the molecule is O=C(C1CC1)N(Cc1ccsc1)C1CC12CCNCC2. The lowest BCUT2D eigenvalue weighted by Crippen LogP contribution is -2.39. The first-order valence-corrected chi connectivity index (χ1v) is 8.75. The minimum absolute atomic E-state index is 0.341. The molecule has 1 unspecified atom stereocenters. The van der Waals surface area contributed by atoms with E-state index < -0.39 is 0 Å². The van der Waals surface area contributed by atoms with Crippen molar-refractivity contribution in [2.45, 2.75) is 44.7 Å². The molecule has 1 N–H and O–H groups in total. The van der Waals surface area contributed by atoms with E-state index in [9.17, 15) is 4.79 Å². The molecular weight excluding hydrogens is 268 g/mol. The van der Waals surface area contributed by atoms with E-state index in [0.29, 0.717) is 23.3 Å². The molecule has 1 aliphatic heterocycles. The van der Waals surface area contributed by atoms with Crippen molar-refractivity contribution in [2.75, 3.05) is 13.1 Å². The van der Waals surface area contributed by atoms with Gasteiger partial charge in [-0.05, 0) is 73.0 Å². The summed E-state index contributed by atoms with van der Waals surface area (Å²) in [5.74, 6) is 0.768. The van der Waals surface area contributed by atoms with Crippen molar-refractivity contribution < 1.29 is 4.79 Å². The Morgan fingerprint density at radius 1 is 1.40 bits per heavy atom. The van der Waals surface area contributed by atoms with Gasteiger partial charge in [0.25, 0.3) is 0 Å². The highest BCUT2D eigenvalue weighted by Gasteiger charge is 2.58. The monoisotopic (exact) mass is 290 g/mol. The second-order valence-corrected chi connectivity index (χ2v) is 7.48. The molecule has 1 amide bonds. The number of nitrogens with zero attached hydrogens (tertiary/aromatic N) is 1. The van der Waals surface area contributed by atoms with Crippen LogP contribution in [0.1, 0.15) is 37.7 Å². The quantitative estimate of drug-likeness (QED) is 0.924. The lowest BCUT2D eigenvalue weighted by molar-refractivity contribution is -0.134. The number of carbonyl (C=O) groups excluding carboxylic acids is 1. The van der Waals surface area contributed by atoms with Crippen LogP contribution in [0.25, 0.3) is 0 Å². The van der Waals surface area contributed by atoms with Crippen LogP contribution in [-0.4, -0.2) is 29.9 Å². The summed E-state index contributed by atoms with van der Waals surface area (Å²) in [4.78, 5) is 14.9. The molecule has 1 aromatic heterocycles. The van der Waals surface area contributed by atoms with E-state index in [4.69, 9.17) is 0 Å². The molecule has 1 spiro atoms. The minimum atomic E-state index is 0.341. The van der Waals surface area contributed by atoms with Crippen LogP contribution in [0.5, 0.6) is 0 Å². The van der Waals surface area contributed by atoms with Crippen molar-refractivity contribution in [3.05, 3.63) is 22.4 Å². The van der Waals surface area contributed by atoms with Gasteiger partial charge in [0.2, 0.25) is 5.91 Å². The van der Waals surface area contributed by atoms with E-state index in [2.05, 4.69) is 27.0 Å². The van der Waals surface area contributed by atoms with Gasteiger partial charge in [-0.1, -0.05) is 0 Å². The van der Waals surface area contributed by atoms with Crippen LogP contribution in [0.15, 0.2) is 16.8 Å². The Kier molecular flexibility index (Phi) is 3.11. The standard InChI is InChI=1S/C16H22N2OS/c19-15(13-1-2-13)18(10-12-3-8-20-11-12)14-9-16(14)4-6-17-7-5-16/h3,8,11,13-14,17H,1-2,4-7,9-10H2. The third-order valence-corrected chi connectivity index (χ3v) is 6.00. The van der Waals surface area contributed by atoms with Crippen molar-refractivity contribution in [1.29, 1.82) is 0 Å². The molecule has 1 atom stereocenters. The van der Waals surface area contributed by atoms with Crippen LogP contribution in [0, 0.1) is 11.3 Å². The highest BCUT2D eigenvalue weighted by Crippen LogP contribution is 2.56. The van der Waals surface area contributed by atoms with Crippen molar-refractivity contribution in [3.8, 4) is 0 Å². The lowest BCUT2D eigenvalue weighted by Gasteiger charge is -2.29. The van der Waals surface area contributed by atoms with Crippen LogP contribution < -0.4 is 5.32 Å². The van der Waals surface area contributed by atoms with Gasteiger partial charge >= 0.3 is 0 Å². The average Bonchev–Trinajstić information content (AvgIpc) is 3.37. The zero-order valence-electron chi connectivity index (χ0n) is 11.8. The number of thiophene rings is 1. The molecule has 20 heavy (non-hydrogen) atoms. The zero-order chi connectivity index (χ0) is 13.6. The Hall–Kier alpha value is -0.870. The Morgan fingerprint density at radius 3 is 2.85 bits per heavy atom. The Bertz CT molecular complexity index is 489. The van der Waals surface area contributed by atoms with Gasteiger partial charge in [0.15, 0.2) is 0 Å². The largest absolute Gasteiger partial charge is 0.335 e. The maximum absolute atomic E-state index is 12.7. The van der Waals surface area contributed by atoms with Gasteiger partial charge in [0, 0.05) is 18.5 Å². The summed E-state index contributed by atoms with van der Waals surface area (Å²) < 4.78 is 0. The van der Waals surface area contributed by atoms with Crippen LogP contribution in [-0.2, 0) is 11.3 Å². The molecule has 0 radical (unpaired) electrons. The highest BCUT2D eigenvalue weighted by molar-refractivity contribution is 7.07. The summed E-state index contributed by atoms with van der Waals surface area (Å²) in [6.45, 7) is 3.08. The maximum atomic E-state index is 12.7. The van der Waals surface area contributed by atoms with Gasteiger partial charge in [-0.3, -0.25) is 4.79 Å². The van der Waals surface area contributed by atoms with E-state index in [1.54, 1.807) is 11.3 Å². The summed E-state index contributed by atoms with van der Waals surface area (Å²) in [7, 11) is 0. The maximum Gasteiger partial charge on any atom is 0.226 e. The van der Waals surface area contributed by atoms with Gasteiger partial charge in [-0.2, -0.15) is 11.3 Å². The molecular formula is C16H22N2OS.